The molecule has 6 heteroatoms. The van der Waals surface area contributed by atoms with Crippen molar-refractivity contribution in [2.75, 3.05) is 26.8 Å². The Labute approximate surface area is 121 Å². The molecule has 1 amide bonds. The van der Waals surface area contributed by atoms with Crippen molar-refractivity contribution in [3.63, 3.8) is 0 Å². The van der Waals surface area contributed by atoms with E-state index in [-0.39, 0.29) is 18.4 Å². The monoisotopic (exact) mass is 294 g/mol. The van der Waals surface area contributed by atoms with E-state index in [9.17, 15) is 4.79 Å². The van der Waals surface area contributed by atoms with Crippen LogP contribution < -0.4 is 0 Å². The molecule has 0 radical (unpaired) electrons. The summed E-state index contributed by atoms with van der Waals surface area (Å²) in [5, 5.41) is 0.640. The Morgan fingerprint density at radius 3 is 3.25 bits per heavy atom. The number of aromatic nitrogens is 1. The maximum absolute atomic E-state index is 11.8. The number of oxazole rings is 1. The van der Waals surface area contributed by atoms with E-state index in [0.29, 0.717) is 24.0 Å². The molecular formula is C14H15ClN2O3. The molecule has 1 aliphatic rings. The highest BCUT2D eigenvalue weighted by atomic mass is 35.5. The van der Waals surface area contributed by atoms with Crippen molar-refractivity contribution >= 4 is 28.6 Å². The molecule has 1 atom stereocenters. The number of methoxy groups -OCH3 is 1. The van der Waals surface area contributed by atoms with E-state index in [0.717, 1.165) is 17.5 Å². The van der Waals surface area contributed by atoms with Gasteiger partial charge in [0, 0.05) is 25.2 Å². The van der Waals surface area contributed by atoms with Gasteiger partial charge in [-0.2, -0.15) is 0 Å². The second kappa shape index (κ2) is 5.42. The third-order valence-corrected chi connectivity index (χ3v) is 3.76. The van der Waals surface area contributed by atoms with Crippen molar-refractivity contribution in [2.24, 2.45) is 0 Å². The van der Waals surface area contributed by atoms with E-state index in [1.54, 1.807) is 17.0 Å². The molecule has 1 unspecified atom stereocenters. The molecule has 0 bridgehead atoms. The molecule has 1 aromatic heterocycles. The summed E-state index contributed by atoms with van der Waals surface area (Å²) in [6.07, 6.45) is 0.857. The molecule has 0 N–H and O–H groups in total. The topological polar surface area (TPSA) is 55.6 Å². The zero-order chi connectivity index (χ0) is 14.1. The van der Waals surface area contributed by atoms with Gasteiger partial charge < -0.3 is 14.1 Å². The Balaban J connectivity index is 1.77. The average Bonchev–Trinajstić information content (AvgIpc) is 3.04. The molecule has 2 heterocycles. The number of hydrogen-bond acceptors (Lipinski definition) is 4. The molecule has 0 aliphatic carbocycles. The maximum Gasteiger partial charge on any atom is 0.248 e. The first-order chi connectivity index (χ1) is 9.67. The summed E-state index contributed by atoms with van der Waals surface area (Å²) in [7, 11) is 1.52. The van der Waals surface area contributed by atoms with Crippen LogP contribution in [0.15, 0.2) is 22.6 Å². The van der Waals surface area contributed by atoms with Gasteiger partial charge in [0.1, 0.15) is 12.1 Å². The fraction of sp³-hybridized carbons (Fsp3) is 0.429. The zero-order valence-corrected chi connectivity index (χ0v) is 11.9. The predicted molar refractivity (Wildman–Crippen MR) is 74.8 cm³/mol. The molecule has 20 heavy (non-hydrogen) atoms. The molecular weight excluding hydrogens is 280 g/mol. The second-order valence-corrected chi connectivity index (χ2v) is 5.36. The fourth-order valence-corrected chi connectivity index (χ4v) is 2.66. The number of likely N-dealkylation sites (tertiary alicyclic amines) is 1. The molecule has 5 nitrogen and oxygen atoms in total. The number of carbonyl (C=O) groups is 1. The van der Waals surface area contributed by atoms with Gasteiger partial charge in [-0.1, -0.05) is 11.6 Å². The number of nitrogens with zero attached hydrogens (tertiary/aromatic N) is 2. The van der Waals surface area contributed by atoms with Crippen LogP contribution in [0.4, 0.5) is 0 Å². The molecule has 1 aromatic carbocycles. The van der Waals surface area contributed by atoms with Crippen LogP contribution in [-0.2, 0) is 9.53 Å². The van der Waals surface area contributed by atoms with Gasteiger partial charge in [-0.15, -0.1) is 0 Å². The Kier molecular flexibility index (Phi) is 3.63. The minimum atomic E-state index is 0.00848. The Morgan fingerprint density at radius 1 is 1.60 bits per heavy atom. The molecule has 0 spiro atoms. The van der Waals surface area contributed by atoms with Gasteiger partial charge in [0.25, 0.3) is 0 Å². The highest BCUT2D eigenvalue weighted by molar-refractivity contribution is 6.31. The van der Waals surface area contributed by atoms with Crippen molar-refractivity contribution in [2.45, 2.75) is 12.3 Å². The molecule has 0 saturated carbocycles. The number of rotatable bonds is 3. The summed E-state index contributed by atoms with van der Waals surface area (Å²) >= 11 is 5.94. The quantitative estimate of drug-likeness (QED) is 0.872. The largest absolute Gasteiger partial charge is 0.440 e. The van der Waals surface area contributed by atoms with Crippen LogP contribution in [0.3, 0.4) is 0 Å². The third-order valence-electron chi connectivity index (χ3n) is 3.52. The molecule has 106 valence electrons. The fourth-order valence-electron chi connectivity index (χ4n) is 2.50. The van der Waals surface area contributed by atoms with Crippen molar-refractivity contribution in [1.29, 1.82) is 0 Å². The number of hydrogen-bond donors (Lipinski definition) is 0. The van der Waals surface area contributed by atoms with Gasteiger partial charge in [-0.3, -0.25) is 4.79 Å². The summed E-state index contributed by atoms with van der Waals surface area (Å²) < 4.78 is 10.6. The minimum absolute atomic E-state index is 0.00848. The number of benzene rings is 1. The molecule has 1 fully saturated rings. The second-order valence-electron chi connectivity index (χ2n) is 4.92. The lowest BCUT2D eigenvalue weighted by atomic mass is 10.1. The lowest BCUT2D eigenvalue weighted by molar-refractivity contribution is -0.134. The van der Waals surface area contributed by atoms with Crippen molar-refractivity contribution < 1.29 is 13.9 Å². The highest BCUT2D eigenvalue weighted by Crippen LogP contribution is 2.30. The SMILES string of the molecule is COCC(=O)N1CCC(c2nc3cc(Cl)ccc3o2)C1. The standard InChI is InChI=1S/C14H15ClN2O3/c1-19-8-13(18)17-5-4-9(7-17)14-16-11-6-10(15)2-3-12(11)20-14/h2-3,6,9H,4-5,7-8H2,1H3. The number of ether oxygens (including phenoxy) is 1. The van der Waals surface area contributed by atoms with E-state index in [1.165, 1.54) is 7.11 Å². The van der Waals surface area contributed by atoms with Crippen LogP contribution in [0.25, 0.3) is 11.1 Å². The normalized spacial score (nSPS) is 18.9. The minimum Gasteiger partial charge on any atom is -0.440 e. The molecule has 2 aromatic rings. The first-order valence-electron chi connectivity index (χ1n) is 6.50. The van der Waals surface area contributed by atoms with Crippen LogP contribution in [-0.4, -0.2) is 42.6 Å². The van der Waals surface area contributed by atoms with E-state index < -0.39 is 0 Å². The van der Waals surface area contributed by atoms with E-state index in [1.807, 2.05) is 6.07 Å². The van der Waals surface area contributed by atoms with Gasteiger partial charge in [0.15, 0.2) is 11.5 Å². The van der Waals surface area contributed by atoms with Crippen LogP contribution in [0.1, 0.15) is 18.2 Å². The third kappa shape index (κ3) is 2.51. The summed E-state index contributed by atoms with van der Waals surface area (Å²) in [5.74, 6) is 0.825. The zero-order valence-electron chi connectivity index (χ0n) is 11.1. The van der Waals surface area contributed by atoms with Crippen molar-refractivity contribution in [1.82, 2.24) is 9.88 Å². The Morgan fingerprint density at radius 2 is 2.45 bits per heavy atom. The molecule has 1 saturated heterocycles. The van der Waals surface area contributed by atoms with Crippen LogP contribution in [0.5, 0.6) is 0 Å². The van der Waals surface area contributed by atoms with E-state index in [2.05, 4.69) is 4.98 Å². The van der Waals surface area contributed by atoms with Gasteiger partial charge in [0.05, 0.1) is 5.92 Å². The predicted octanol–water partition coefficient (Wildman–Crippen LogP) is 2.44. The van der Waals surface area contributed by atoms with Gasteiger partial charge in [-0.25, -0.2) is 4.98 Å². The highest BCUT2D eigenvalue weighted by Gasteiger charge is 2.30. The summed E-state index contributed by atoms with van der Waals surface area (Å²) in [6, 6.07) is 5.38. The van der Waals surface area contributed by atoms with Gasteiger partial charge >= 0.3 is 0 Å². The first-order valence-corrected chi connectivity index (χ1v) is 6.88. The average molecular weight is 295 g/mol. The summed E-state index contributed by atoms with van der Waals surface area (Å²) in [4.78, 5) is 18.0. The van der Waals surface area contributed by atoms with Gasteiger partial charge in [0.2, 0.25) is 5.91 Å². The maximum atomic E-state index is 11.8. The smallest absolute Gasteiger partial charge is 0.248 e. The lowest BCUT2D eigenvalue weighted by Crippen LogP contribution is -2.31. The number of fused-ring (bicyclic) bond motifs is 1. The van der Waals surface area contributed by atoms with Crippen molar-refractivity contribution in [3.05, 3.63) is 29.1 Å². The van der Waals surface area contributed by atoms with E-state index >= 15 is 0 Å². The molecule has 3 rings (SSSR count). The number of halogens is 1. The Bertz CT molecular complexity index is 640. The summed E-state index contributed by atoms with van der Waals surface area (Å²) in [6.45, 7) is 1.46. The van der Waals surface area contributed by atoms with Crippen LogP contribution in [0, 0.1) is 0 Å². The Hall–Kier alpha value is -1.59. The van der Waals surface area contributed by atoms with E-state index in [4.69, 9.17) is 20.8 Å². The van der Waals surface area contributed by atoms with Gasteiger partial charge in [-0.05, 0) is 24.6 Å². The first kappa shape index (κ1) is 13.4. The lowest BCUT2D eigenvalue weighted by Gasteiger charge is -2.14. The van der Waals surface area contributed by atoms with Crippen LogP contribution in [0.2, 0.25) is 5.02 Å². The van der Waals surface area contributed by atoms with Crippen LogP contribution >= 0.6 is 11.6 Å². The number of carbonyl (C=O) groups excluding carboxylic acids is 1. The number of amides is 1. The molecule has 1 aliphatic heterocycles. The summed E-state index contributed by atoms with van der Waals surface area (Å²) in [5.41, 5.74) is 1.49. The van der Waals surface area contributed by atoms with Crippen molar-refractivity contribution in [3.8, 4) is 0 Å².